The van der Waals surface area contributed by atoms with Crippen molar-refractivity contribution in [3.63, 3.8) is 0 Å². The lowest BCUT2D eigenvalue weighted by atomic mass is 9.95. The van der Waals surface area contributed by atoms with Gasteiger partial charge >= 0.3 is 0 Å². The van der Waals surface area contributed by atoms with E-state index in [9.17, 15) is 13.2 Å². The third-order valence-electron chi connectivity index (χ3n) is 6.45. The van der Waals surface area contributed by atoms with Crippen molar-refractivity contribution in [2.24, 2.45) is 5.92 Å². The number of nitrogens with zero attached hydrogens (tertiary/aromatic N) is 3. The lowest BCUT2D eigenvalue weighted by molar-refractivity contribution is -0.137. The number of hydrogen-bond donors (Lipinski definition) is 0. The molecule has 2 aliphatic heterocycles. The van der Waals surface area contributed by atoms with Gasteiger partial charge < -0.3 is 14.2 Å². The van der Waals surface area contributed by atoms with Crippen molar-refractivity contribution in [2.45, 2.75) is 43.9 Å². The average Bonchev–Trinajstić information content (AvgIpc) is 3.24. The first kappa shape index (κ1) is 23.5. The zero-order chi connectivity index (χ0) is 23.4. The summed E-state index contributed by atoms with van der Waals surface area (Å²) in [4.78, 5) is 14.9. The highest BCUT2D eigenvalue weighted by Crippen LogP contribution is 2.30. The molecule has 0 spiro atoms. The molecule has 1 aromatic carbocycles. The molecule has 4 rings (SSSR count). The molecule has 0 aliphatic carbocycles. The first-order valence-corrected chi connectivity index (χ1v) is 12.9. The number of aryl methyl sites for hydroxylation is 1. The van der Waals surface area contributed by atoms with Crippen LogP contribution in [0.4, 0.5) is 0 Å². The van der Waals surface area contributed by atoms with Crippen LogP contribution in [-0.2, 0) is 14.8 Å². The topological polar surface area (TPSA) is 93.0 Å². The number of aromatic nitrogens is 1. The van der Waals surface area contributed by atoms with Crippen LogP contribution < -0.4 is 4.74 Å². The van der Waals surface area contributed by atoms with Gasteiger partial charge in [-0.2, -0.15) is 4.31 Å². The van der Waals surface area contributed by atoms with E-state index in [0.29, 0.717) is 31.6 Å². The largest absolute Gasteiger partial charge is 0.497 e. The molecule has 1 amide bonds. The number of rotatable bonds is 6. The normalized spacial score (nSPS) is 18.7. The molecule has 2 aliphatic rings. The van der Waals surface area contributed by atoms with E-state index >= 15 is 0 Å². The van der Waals surface area contributed by atoms with Crippen LogP contribution in [0.3, 0.4) is 0 Å². The van der Waals surface area contributed by atoms with Crippen LogP contribution >= 0.6 is 0 Å². The highest BCUT2D eigenvalue weighted by atomic mass is 32.2. The van der Waals surface area contributed by atoms with Crippen molar-refractivity contribution in [2.75, 3.05) is 33.3 Å². The highest BCUT2D eigenvalue weighted by Gasteiger charge is 2.37. The molecule has 1 aromatic heterocycles. The molecule has 33 heavy (non-hydrogen) atoms. The van der Waals surface area contributed by atoms with Gasteiger partial charge in [0.1, 0.15) is 11.4 Å². The van der Waals surface area contributed by atoms with Crippen molar-refractivity contribution >= 4 is 28.1 Å². The number of carbonyl (C=O) groups excluding carboxylic acids is 1. The number of methoxy groups -OCH3 is 1. The summed E-state index contributed by atoms with van der Waals surface area (Å²) in [6.07, 6.45) is 7.76. The van der Waals surface area contributed by atoms with Crippen LogP contribution in [-0.4, -0.2) is 62.0 Å². The third kappa shape index (κ3) is 5.14. The van der Waals surface area contributed by atoms with Crippen molar-refractivity contribution < 1.29 is 22.5 Å². The van der Waals surface area contributed by atoms with Crippen molar-refractivity contribution in [1.82, 2.24) is 14.4 Å². The number of piperidine rings is 2. The smallest absolute Gasteiger partial charge is 0.248 e. The molecule has 2 aromatic rings. The Hall–Kier alpha value is -2.65. The van der Waals surface area contributed by atoms with Crippen molar-refractivity contribution in [3.8, 4) is 5.75 Å². The van der Waals surface area contributed by atoms with Gasteiger partial charge in [-0.15, -0.1) is 0 Å². The number of likely N-dealkylation sites (tertiary alicyclic amines) is 1. The summed E-state index contributed by atoms with van der Waals surface area (Å²) >= 11 is 0. The Kier molecular flexibility index (Phi) is 7.19. The van der Waals surface area contributed by atoms with Gasteiger partial charge in [-0.25, -0.2) is 8.42 Å². The Labute approximate surface area is 195 Å². The highest BCUT2D eigenvalue weighted by molar-refractivity contribution is 7.89. The monoisotopic (exact) mass is 473 g/mol. The molecule has 2 fully saturated rings. The fourth-order valence-electron chi connectivity index (χ4n) is 4.53. The van der Waals surface area contributed by atoms with Crippen molar-refractivity contribution in [3.05, 3.63) is 41.3 Å². The van der Waals surface area contributed by atoms with Gasteiger partial charge in [0.2, 0.25) is 15.9 Å². The van der Waals surface area contributed by atoms with Gasteiger partial charge in [-0.1, -0.05) is 23.4 Å². The number of amides is 1. The molecule has 3 heterocycles. The van der Waals surface area contributed by atoms with Crippen LogP contribution in [0.1, 0.15) is 49.1 Å². The molecule has 0 radical (unpaired) electrons. The molecule has 0 atom stereocenters. The Balaban J connectivity index is 1.46. The molecule has 8 nitrogen and oxygen atoms in total. The molecule has 2 saturated heterocycles. The third-order valence-corrected chi connectivity index (χ3v) is 8.50. The predicted molar refractivity (Wildman–Crippen MR) is 125 cm³/mol. The minimum Gasteiger partial charge on any atom is -0.497 e. The van der Waals surface area contributed by atoms with E-state index in [1.54, 1.807) is 26.2 Å². The van der Waals surface area contributed by atoms with Crippen LogP contribution in [0.5, 0.6) is 5.75 Å². The maximum atomic E-state index is 13.4. The van der Waals surface area contributed by atoms with Crippen LogP contribution in [0.15, 0.2) is 33.7 Å². The predicted octanol–water partition coefficient (Wildman–Crippen LogP) is 3.58. The number of sulfonamides is 1. The molecule has 9 heteroatoms. The Morgan fingerprint density at radius 3 is 2.36 bits per heavy atom. The number of hydrogen-bond acceptors (Lipinski definition) is 6. The fraction of sp³-hybridized carbons (Fsp3) is 0.500. The molecular formula is C24H31N3O5S. The minimum atomic E-state index is -3.79. The summed E-state index contributed by atoms with van der Waals surface area (Å²) in [5.41, 5.74) is 1.21. The lowest BCUT2D eigenvalue weighted by Gasteiger charge is -2.35. The maximum absolute atomic E-state index is 13.4. The number of benzene rings is 1. The second-order valence-corrected chi connectivity index (χ2v) is 10.5. The Morgan fingerprint density at radius 2 is 1.73 bits per heavy atom. The van der Waals surface area contributed by atoms with Gasteiger partial charge in [-0.05, 0) is 62.8 Å². The second-order valence-electron chi connectivity index (χ2n) is 8.63. The van der Waals surface area contributed by atoms with Gasteiger partial charge in [0.25, 0.3) is 0 Å². The average molecular weight is 474 g/mol. The van der Waals surface area contributed by atoms with Crippen LogP contribution in [0, 0.1) is 12.8 Å². The van der Waals surface area contributed by atoms with Crippen molar-refractivity contribution in [1.29, 1.82) is 0 Å². The molecule has 178 valence electrons. The summed E-state index contributed by atoms with van der Waals surface area (Å²) < 4.78 is 38.9. The van der Waals surface area contributed by atoms with Gasteiger partial charge in [0.15, 0.2) is 10.7 Å². The minimum absolute atomic E-state index is 0.0908. The van der Waals surface area contributed by atoms with E-state index in [-0.39, 0.29) is 22.5 Å². The van der Waals surface area contributed by atoms with E-state index in [0.717, 1.165) is 37.2 Å². The maximum Gasteiger partial charge on any atom is 0.248 e. The molecule has 0 N–H and O–H groups in total. The van der Waals surface area contributed by atoms with Gasteiger partial charge in [0, 0.05) is 32.1 Å². The van der Waals surface area contributed by atoms with E-state index in [4.69, 9.17) is 9.26 Å². The molecular weight excluding hydrogens is 442 g/mol. The summed E-state index contributed by atoms with van der Waals surface area (Å²) in [6, 6.07) is 7.41. The van der Waals surface area contributed by atoms with E-state index in [2.05, 4.69) is 5.16 Å². The summed E-state index contributed by atoms with van der Waals surface area (Å²) in [7, 11) is -2.19. The molecule has 0 saturated carbocycles. The Morgan fingerprint density at radius 1 is 1.06 bits per heavy atom. The summed E-state index contributed by atoms with van der Waals surface area (Å²) in [6.45, 7) is 3.91. The summed E-state index contributed by atoms with van der Waals surface area (Å²) in [5.74, 6) is 1.02. The zero-order valence-corrected chi connectivity index (χ0v) is 20.0. The van der Waals surface area contributed by atoms with E-state index in [1.165, 1.54) is 10.7 Å². The van der Waals surface area contributed by atoms with Crippen LogP contribution in [0.2, 0.25) is 0 Å². The lowest BCUT2D eigenvalue weighted by Crippen LogP contribution is -2.45. The van der Waals surface area contributed by atoms with Crippen LogP contribution in [0.25, 0.3) is 12.2 Å². The van der Waals surface area contributed by atoms with E-state index < -0.39 is 10.0 Å². The Bertz CT molecular complexity index is 1090. The SMILES string of the molecule is COc1ccc(/C=C/c2onc(C)c2S(=O)(=O)N2CCC(C(=O)N3CCCCC3)CC2)cc1. The first-order valence-electron chi connectivity index (χ1n) is 11.5. The standard InChI is InChI=1S/C24H31N3O5S/c1-18-23(22(32-25-18)11-8-19-6-9-21(31-2)10-7-19)33(29,30)27-16-12-20(13-17-27)24(28)26-14-4-3-5-15-26/h6-11,20H,3-5,12-17H2,1-2H3/b11-8+. The zero-order valence-electron chi connectivity index (χ0n) is 19.2. The molecule has 0 unspecified atom stereocenters. The van der Waals surface area contributed by atoms with Gasteiger partial charge in [0.05, 0.1) is 7.11 Å². The fourth-order valence-corrected chi connectivity index (χ4v) is 6.25. The molecule has 0 bridgehead atoms. The quantitative estimate of drug-likeness (QED) is 0.637. The first-order chi connectivity index (χ1) is 15.9. The number of ether oxygens (including phenoxy) is 1. The van der Waals surface area contributed by atoms with Gasteiger partial charge in [-0.3, -0.25) is 4.79 Å². The summed E-state index contributed by atoms with van der Waals surface area (Å²) in [5, 5.41) is 3.91. The number of carbonyl (C=O) groups is 1. The second kappa shape index (κ2) is 10.1. The van der Waals surface area contributed by atoms with E-state index in [1.807, 2.05) is 29.2 Å².